The van der Waals surface area contributed by atoms with Crippen LogP contribution in [0.2, 0.25) is 0 Å². The monoisotopic (exact) mass is 464 g/mol. The highest BCUT2D eigenvalue weighted by molar-refractivity contribution is 6.05. The predicted octanol–water partition coefficient (Wildman–Crippen LogP) is 5.16. The zero-order valence-corrected chi connectivity index (χ0v) is 18.9. The van der Waals surface area contributed by atoms with Gasteiger partial charge in [0.05, 0.1) is 17.2 Å². The van der Waals surface area contributed by atoms with Crippen molar-refractivity contribution in [1.29, 1.82) is 0 Å². The number of nitrogens with zero attached hydrogens (tertiary/aromatic N) is 2. The van der Waals surface area contributed by atoms with Gasteiger partial charge >= 0.3 is 6.03 Å². The molecule has 4 N–H and O–H groups in total. The first-order valence-corrected chi connectivity index (χ1v) is 11.6. The molecule has 3 aromatic heterocycles. The summed E-state index contributed by atoms with van der Waals surface area (Å²) in [5, 5.41) is 10.9. The summed E-state index contributed by atoms with van der Waals surface area (Å²) in [4.78, 5) is 31.7. The molecule has 5 aromatic rings. The van der Waals surface area contributed by atoms with E-state index in [1.165, 1.54) is 5.56 Å². The molecular weight excluding hydrogens is 440 g/mol. The molecule has 1 aliphatic rings. The molecule has 8 nitrogen and oxygen atoms in total. The minimum Gasteiger partial charge on any atom is -0.349 e. The van der Waals surface area contributed by atoms with Crippen LogP contribution in [-0.4, -0.2) is 26.5 Å². The first-order chi connectivity index (χ1) is 17.1. The average molecular weight is 465 g/mol. The van der Waals surface area contributed by atoms with Gasteiger partial charge in [0, 0.05) is 48.0 Å². The first kappa shape index (κ1) is 21.0. The Hall–Kier alpha value is -4.59. The Morgan fingerprint density at radius 3 is 2.74 bits per heavy atom. The Morgan fingerprint density at radius 1 is 1.03 bits per heavy atom. The number of benzene rings is 2. The number of aromatic amines is 1. The maximum absolute atomic E-state index is 12.7. The molecular formula is C27H24N6O2. The molecule has 35 heavy (non-hydrogen) atoms. The number of carbonyl (C=O) groups excluding carboxylic acids is 2. The quantitative estimate of drug-likeness (QED) is 0.289. The summed E-state index contributed by atoms with van der Waals surface area (Å²) in [6, 6.07) is 19.3. The Kier molecular flexibility index (Phi) is 5.18. The SMILES string of the molecule is O=C1CCC(c2ccc(NC(=O)Nc3cccc4c3ccn4Cc3ccnc4[nH]ccc34)cc2)N1. The predicted molar refractivity (Wildman–Crippen MR) is 136 cm³/mol. The fraction of sp³-hybridized carbons (Fsp3) is 0.148. The maximum Gasteiger partial charge on any atom is 0.323 e. The van der Waals surface area contributed by atoms with Gasteiger partial charge < -0.3 is 25.5 Å². The van der Waals surface area contributed by atoms with Crippen LogP contribution in [0, 0.1) is 0 Å². The summed E-state index contributed by atoms with van der Waals surface area (Å²) in [6.45, 7) is 0.698. The number of carbonyl (C=O) groups is 2. The topological polar surface area (TPSA) is 104 Å². The standard InChI is InChI=1S/C27H24N6O2/c34-25-9-8-22(31-25)17-4-6-19(7-5-17)30-27(35)32-23-2-1-3-24-21(23)12-15-33(24)16-18-10-13-28-26-20(18)11-14-29-26/h1-7,10-15,22H,8-9,16H2,(H,28,29)(H,31,34)(H2,30,32,35). The molecule has 1 aliphatic heterocycles. The molecule has 8 heteroatoms. The maximum atomic E-state index is 12.7. The van der Waals surface area contributed by atoms with Crippen molar-refractivity contribution in [2.24, 2.45) is 0 Å². The molecule has 4 heterocycles. The fourth-order valence-electron chi connectivity index (χ4n) is 4.76. The smallest absolute Gasteiger partial charge is 0.323 e. The van der Waals surface area contributed by atoms with Gasteiger partial charge in [-0.3, -0.25) is 4.79 Å². The number of hydrogen-bond acceptors (Lipinski definition) is 3. The summed E-state index contributed by atoms with van der Waals surface area (Å²) in [5.41, 5.74) is 5.55. The Balaban J connectivity index is 1.17. The van der Waals surface area contributed by atoms with E-state index in [0.717, 1.165) is 39.6 Å². The van der Waals surface area contributed by atoms with E-state index in [1.54, 1.807) is 0 Å². The van der Waals surface area contributed by atoms with E-state index in [0.29, 0.717) is 18.7 Å². The van der Waals surface area contributed by atoms with E-state index in [1.807, 2.05) is 73.2 Å². The van der Waals surface area contributed by atoms with Gasteiger partial charge in [-0.2, -0.15) is 0 Å². The molecule has 0 aliphatic carbocycles. The van der Waals surface area contributed by atoms with Crippen LogP contribution in [0.5, 0.6) is 0 Å². The highest BCUT2D eigenvalue weighted by atomic mass is 16.2. The Labute approximate surface area is 201 Å². The number of anilines is 2. The number of fused-ring (bicyclic) bond motifs is 2. The molecule has 2 aromatic carbocycles. The molecule has 174 valence electrons. The van der Waals surface area contributed by atoms with E-state index in [4.69, 9.17) is 0 Å². The van der Waals surface area contributed by atoms with Gasteiger partial charge in [0.1, 0.15) is 5.65 Å². The van der Waals surface area contributed by atoms with Crippen LogP contribution in [0.15, 0.2) is 79.3 Å². The third kappa shape index (κ3) is 4.10. The van der Waals surface area contributed by atoms with Crippen molar-refractivity contribution >= 4 is 45.2 Å². The third-order valence-corrected chi connectivity index (χ3v) is 6.52. The second kappa shape index (κ2) is 8.64. The Bertz CT molecular complexity index is 1550. The van der Waals surface area contributed by atoms with Gasteiger partial charge in [-0.05, 0) is 60.0 Å². The number of pyridine rings is 1. The molecule has 0 radical (unpaired) electrons. The van der Waals surface area contributed by atoms with E-state index in [-0.39, 0.29) is 18.0 Å². The second-order valence-electron chi connectivity index (χ2n) is 8.75. The molecule has 6 rings (SSSR count). The summed E-state index contributed by atoms with van der Waals surface area (Å²) in [5.74, 6) is 0.0816. The minimum atomic E-state index is -0.310. The van der Waals surface area contributed by atoms with Crippen LogP contribution >= 0.6 is 0 Å². The summed E-state index contributed by atoms with van der Waals surface area (Å²) < 4.78 is 2.17. The van der Waals surface area contributed by atoms with Gasteiger partial charge in [-0.15, -0.1) is 0 Å². The van der Waals surface area contributed by atoms with Crippen LogP contribution in [0.3, 0.4) is 0 Å². The second-order valence-corrected chi connectivity index (χ2v) is 8.75. The minimum absolute atomic E-state index is 0.0486. The molecule has 0 saturated carbocycles. The van der Waals surface area contributed by atoms with Gasteiger partial charge in [-0.1, -0.05) is 18.2 Å². The van der Waals surface area contributed by atoms with Crippen molar-refractivity contribution < 1.29 is 9.59 Å². The number of amides is 3. The lowest BCUT2D eigenvalue weighted by molar-refractivity contribution is -0.119. The van der Waals surface area contributed by atoms with Crippen LogP contribution in [0.4, 0.5) is 16.2 Å². The third-order valence-electron chi connectivity index (χ3n) is 6.52. The molecule has 1 unspecified atom stereocenters. The number of H-pyrrole nitrogens is 1. The van der Waals surface area contributed by atoms with Crippen LogP contribution < -0.4 is 16.0 Å². The van der Waals surface area contributed by atoms with E-state index in [9.17, 15) is 9.59 Å². The average Bonchev–Trinajstić information content (AvgIpc) is 3.61. The van der Waals surface area contributed by atoms with Crippen molar-refractivity contribution in [2.45, 2.75) is 25.4 Å². The molecule has 1 atom stereocenters. The normalized spacial score (nSPS) is 15.4. The largest absolute Gasteiger partial charge is 0.349 e. The summed E-state index contributed by atoms with van der Waals surface area (Å²) in [7, 11) is 0. The van der Waals surface area contributed by atoms with E-state index < -0.39 is 0 Å². The van der Waals surface area contributed by atoms with E-state index >= 15 is 0 Å². The number of urea groups is 1. The lowest BCUT2D eigenvalue weighted by Gasteiger charge is -2.12. The van der Waals surface area contributed by atoms with Crippen LogP contribution in [0.1, 0.15) is 30.0 Å². The molecule has 1 fully saturated rings. The van der Waals surface area contributed by atoms with Gasteiger partial charge in [0.2, 0.25) is 5.91 Å². The van der Waals surface area contributed by atoms with Crippen molar-refractivity contribution in [1.82, 2.24) is 19.9 Å². The van der Waals surface area contributed by atoms with Crippen LogP contribution in [-0.2, 0) is 11.3 Å². The van der Waals surface area contributed by atoms with Crippen molar-refractivity contribution in [2.75, 3.05) is 10.6 Å². The van der Waals surface area contributed by atoms with Gasteiger partial charge in [-0.25, -0.2) is 9.78 Å². The zero-order valence-electron chi connectivity index (χ0n) is 18.9. The summed E-state index contributed by atoms with van der Waals surface area (Å²) >= 11 is 0. The fourth-order valence-corrected chi connectivity index (χ4v) is 4.76. The lowest BCUT2D eigenvalue weighted by Crippen LogP contribution is -2.20. The lowest BCUT2D eigenvalue weighted by atomic mass is 10.1. The van der Waals surface area contributed by atoms with Crippen LogP contribution in [0.25, 0.3) is 21.9 Å². The van der Waals surface area contributed by atoms with Gasteiger partial charge in [0.15, 0.2) is 0 Å². The van der Waals surface area contributed by atoms with Crippen molar-refractivity contribution in [3.8, 4) is 0 Å². The molecule has 3 amide bonds. The highest BCUT2D eigenvalue weighted by Crippen LogP contribution is 2.27. The zero-order chi connectivity index (χ0) is 23.8. The van der Waals surface area contributed by atoms with Crippen molar-refractivity contribution in [3.05, 3.63) is 90.4 Å². The molecule has 0 spiro atoms. The Morgan fingerprint density at radius 2 is 1.91 bits per heavy atom. The number of rotatable bonds is 5. The number of hydrogen-bond donors (Lipinski definition) is 4. The molecule has 0 bridgehead atoms. The highest BCUT2D eigenvalue weighted by Gasteiger charge is 2.22. The first-order valence-electron chi connectivity index (χ1n) is 11.6. The summed E-state index contributed by atoms with van der Waals surface area (Å²) in [6.07, 6.45) is 7.10. The molecule has 1 saturated heterocycles. The number of aromatic nitrogens is 3. The van der Waals surface area contributed by atoms with Gasteiger partial charge in [0.25, 0.3) is 0 Å². The number of nitrogens with one attached hydrogen (secondary N) is 4. The van der Waals surface area contributed by atoms with E-state index in [2.05, 4.69) is 36.6 Å². The van der Waals surface area contributed by atoms with Crippen molar-refractivity contribution in [3.63, 3.8) is 0 Å².